The van der Waals surface area contributed by atoms with Crippen molar-refractivity contribution >= 4 is 29.3 Å². The number of halogens is 2. The lowest BCUT2D eigenvalue weighted by Gasteiger charge is -2.25. The van der Waals surface area contributed by atoms with E-state index in [0.29, 0.717) is 6.54 Å². The summed E-state index contributed by atoms with van der Waals surface area (Å²) in [5, 5.41) is 6.70. The largest absolute Gasteiger partial charge is 0.435 e. The molecule has 180 valence electrons. The van der Waals surface area contributed by atoms with Crippen LogP contribution < -0.4 is 9.54 Å². The van der Waals surface area contributed by atoms with Gasteiger partial charge in [0.15, 0.2) is 0 Å². The third kappa shape index (κ3) is 6.75. The summed E-state index contributed by atoms with van der Waals surface area (Å²) < 4.78 is 36.7. The van der Waals surface area contributed by atoms with Gasteiger partial charge in [0.05, 0.1) is 31.7 Å². The number of thiazole rings is 1. The average Bonchev–Trinajstić information content (AvgIpc) is 3.26. The first-order chi connectivity index (χ1) is 16.6. The maximum Gasteiger partial charge on any atom is 0.387 e. The van der Waals surface area contributed by atoms with Gasteiger partial charge in [-0.2, -0.15) is 13.9 Å². The molecule has 6 nitrogen and oxygen atoms in total. The Morgan fingerprint density at radius 1 is 1.12 bits per heavy atom. The van der Waals surface area contributed by atoms with Crippen LogP contribution in [0.2, 0.25) is 0 Å². The van der Waals surface area contributed by atoms with Gasteiger partial charge in [-0.05, 0) is 48.2 Å². The fourth-order valence-corrected chi connectivity index (χ4v) is 4.72. The van der Waals surface area contributed by atoms with Crippen LogP contribution in [-0.2, 0) is 4.74 Å². The molecule has 1 aliphatic rings. The van der Waals surface area contributed by atoms with Crippen LogP contribution in [0.15, 0.2) is 68.9 Å². The number of benzene rings is 2. The Morgan fingerprint density at radius 2 is 1.85 bits per heavy atom. The normalized spacial score (nSPS) is 15.5. The second-order valence-corrected chi connectivity index (χ2v) is 9.19. The van der Waals surface area contributed by atoms with Crippen LogP contribution in [0, 0.1) is 0 Å². The third-order valence-corrected chi connectivity index (χ3v) is 6.86. The van der Waals surface area contributed by atoms with E-state index in [2.05, 4.69) is 21.8 Å². The first-order valence-corrected chi connectivity index (χ1v) is 13.0. The highest BCUT2D eigenvalue weighted by Gasteiger charge is 2.11. The summed E-state index contributed by atoms with van der Waals surface area (Å²) in [6, 6.07) is 14.7. The molecule has 2 heterocycles. The fraction of sp³-hybridized carbons (Fsp3) is 0.333. The molecule has 4 rings (SSSR count). The molecule has 0 N–H and O–H groups in total. The molecule has 0 aliphatic carbocycles. The van der Waals surface area contributed by atoms with Gasteiger partial charge in [-0.15, -0.1) is 23.1 Å². The van der Waals surface area contributed by atoms with Gasteiger partial charge in [0, 0.05) is 35.5 Å². The van der Waals surface area contributed by atoms with Gasteiger partial charge in [0.2, 0.25) is 4.80 Å². The first-order valence-electron chi connectivity index (χ1n) is 10.9. The molecule has 0 spiro atoms. The molecule has 0 unspecified atom stereocenters. The number of rotatable bonds is 9. The minimum Gasteiger partial charge on any atom is -0.435 e. The molecule has 1 fully saturated rings. The second kappa shape index (κ2) is 12.3. The summed E-state index contributed by atoms with van der Waals surface area (Å²) in [6.45, 7) is 2.01. The van der Waals surface area contributed by atoms with Crippen LogP contribution in [-0.4, -0.2) is 68.1 Å². The molecule has 2 aromatic carbocycles. The number of aromatic nitrogens is 1. The van der Waals surface area contributed by atoms with E-state index in [1.165, 1.54) is 28.4 Å². The van der Waals surface area contributed by atoms with E-state index in [0.717, 1.165) is 54.5 Å². The molecule has 1 saturated heterocycles. The zero-order valence-electron chi connectivity index (χ0n) is 18.8. The van der Waals surface area contributed by atoms with Gasteiger partial charge in [-0.1, -0.05) is 12.1 Å². The number of thioether (sulfide) groups is 1. The highest BCUT2D eigenvalue weighted by Crippen LogP contribution is 2.24. The van der Waals surface area contributed by atoms with E-state index < -0.39 is 6.61 Å². The maximum atomic E-state index is 12.5. The summed E-state index contributed by atoms with van der Waals surface area (Å²) >= 11 is 3.19. The zero-order valence-corrected chi connectivity index (χ0v) is 20.4. The predicted octanol–water partition coefficient (Wildman–Crippen LogP) is 4.66. The van der Waals surface area contributed by atoms with Crippen molar-refractivity contribution in [1.29, 1.82) is 0 Å². The van der Waals surface area contributed by atoms with E-state index in [1.807, 2.05) is 23.8 Å². The van der Waals surface area contributed by atoms with Crippen LogP contribution in [0.5, 0.6) is 5.75 Å². The van der Waals surface area contributed by atoms with E-state index in [9.17, 15) is 8.78 Å². The van der Waals surface area contributed by atoms with Crippen molar-refractivity contribution in [2.24, 2.45) is 10.1 Å². The Labute approximate surface area is 205 Å². The van der Waals surface area contributed by atoms with Gasteiger partial charge < -0.3 is 9.47 Å². The standard InChI is InChI=1S/C24H26F2N4O2S2/c1-33-21-8-2-18(3-9-21)16-28-30-22(19-4-6-20(7-5-19)32-23(25)26)17-34-24(30)27-10-11-29-12-14-31-15-13-29/h2-9,16-17,23H,10-15H2,1H3/b27-24?,28-16+. The lowest BCUT2D eigenvalue weighted by Crippen LogP contribution is -2.38. The number of alkyl halides is 2. The summed E-state index contributed by atoms with van der Waals surface area (Å²) in [4.78, 5) is 9.10. The smallest absolute Gasteiger partial charge is 0.387 e. The maximum absolute atomic E-state index is 12.5. The molecule has 0 amide bonds. The fourth-order valence-electron chi connectivity index (χ4n) is 3.45. The van der Waals surface area contributed by atoms with E-state index in [1.54, 1.807) is 34.8 Å². The minimum atomic E-state index is -2.85. The third-order valence-electron chi connectivity index (χ3n) is 5.27. The SMILES string of the molecule is CSc1ccc(/C=N/n2c(-c3ccc(OC(F)F)cc3)csc2=NCCN2CCOCC2)cc1. The molecule has 3 aromatic rings. The van der Waals surface area contributed by atoms with Gasteiger partial charge in [-0.25, -0.2) is 4.68 Å². The molecule has 10 heteroatoms. The van der Waals surface area contributed by atoms with Crippen LogP contribution >= 0.6 is 23.1 Å². The van der Waals surface area contributed by atoms with Crippen molar-refractivity contribution in [2.75, 3.05) is 45.6 Å². The number of morpholine rings is 1. The van der Waals surface area contributed by atoms with Crippen molar-refractivity contribution < 1.29 is 18.3 Å². The van der Waals surface area contributed by atoms with Gasteiger partial charge in [0.25, 0.3) is 0 Å². The summed E-state index contributed by atoms with van der Waals surface area (Å²) in [7, 11) is 0. The Bertz CT molecular complexity index is 1140. The van der Waals surface area contributed by atoms with Crippen molar-refractivity contribution in [3.05, 3.63) is 64.3 Å². The molecule has 0 radical (unpaired) electrons. The van der Waals surface area contributed by atoms with E-state index in [-0.39, 0.29) is 5.75 Å². The zero-order chi connectivity index (χ0) is 23.8. The lowest BCUT2D eigenvalue weighted by atomic mass is 10.2. The van der Waals surface area contributed by atoms with E-state index in [4.69, 9.17) is 14.8 Å². The summed E-state index contributed by atoms with van der Waals surface area (Å²) in [5.41, 5.74) is 2.64. The Hall–Kier alpha value is -2.53. The summed E-state index contributed by atoms with van der Waals surface area (Å²) in [5.74, 6) is 0.119. The minimum absolute atomic E-state index is 0.119. The van der Waals surface area contributed by atoms with Gasteiger partial charge >= 0.3 is 6.61 Å². The number of ether oxygens (including phenoxy) is 2. The van der Waals surface area contributed by atoms with Crippen LogP contribution in [0.3, 0.4) is 0 Å². The first kappa shape index (κ1) is 24.6. The van der Waals surface area contributed by atoms with Crippen molar-refractivity contribution in [2.45, 2.75) is 11.5 Å². The number of hydrogen-bond donors (Lipinski definition) is 0. The van der Waals surface area contributed by atoms with Crippen LogP contribution in [0.4, 0.5) is 8.78 Å². The highest BCUT2D eigenvalue weighted by molar-refractivity contribution is 7.98. The van der Waals surface area contributed by atoms with Crippen LogP contribution in [0.1, 0.15) is 5.56 Å². The highest BCUT2D eigenvalue weighted by atomic mass is 32.2. The van der Waals surface area contributed by atoms with Crippen molar-refractivity contribution in [3.63, 3.8) is 0 Å². The number of nitrogens with zero attached hydrogens (tertiary/aromatic N) is 4. The molecule has 1 aliphatic heterocycles. The van der Waals surface area contributed by atoms with Crippen molar-refractivity contribution in [1.82, 2.24) is 9.58 Å². The van der Waals surface area contributed by atoms with Crippen molar-refractivity contribution in [3.8, 4) is 17.0 Å². The Morgan fingerprint density at radius 3 is 2.53 bits per heavy atom. The molecular weight excluding hydrogens is 478 g/mol. The van der Waals surface area contributed by atoms with Crippen LogP contribution in [0.25, 0.3) is 11.3 Å². The molecule has 1 aromatic heterocycles. The topological polar surface area (TPSA) is 51.3 Å². The molecule has 0 atom stereocenters. The quantitative estimate of drug-likeness (QED) is 0.314. The summed E-state index contributed by atoms with van der Waals surface area (Å²) in [6.07, 6.45) is 3.84. The molecular formula is C24H26F2N4O2S2. The Kier molecular flexibility index (Phi) is 8.86. The molecule has 34 heavy (non-hydrogen) atoms. The number of hydrogen-bond acceptors (Lipinski definition) is 7. The average molecular weight is 505 g/mol. The lowest BCUT2D eigenvalue weighted by molar-refractivity contribution is -0.0498. The monoisotopic (exact) mass is 504 g/mol. The van der Waals surface area contributed by atoms with E-state index >= 15 is 0 Å². The van der Waals surface area contributed by atoms with Gasteiger partial charge in [-0.3, -0.25) is 9.89 Å². The Balaban J connectivity index is 1.60. The predicted molar refractivity (Wildman–Crippen MR) is 133 cm³/mol. The second-order valence-electron chi connectivity index (χ2n) is 7.47. The molecule has 0 bridgehead atoms. The van der Waals surface area contributed by atoms with Gasteiger partial charge in [0.1, 0.15) is 5.75 Å². The molecule has 0 saturated carbocycles.